The number of carbonyl (C=O) groups is 1. The summed E-state index contributed by atoms with van der Waals surface area (Å²) in [5, 5.41) is 9.40. The molecule has 0 bridgehead atoms. The molecule has 0 saturated heterocycles. The van der Waals surface area contributed by atoms with Crippen molar-refractivity contribution in [3.05, 3.63) is 11.6 Å². The number of ketones is 1. The molecule has 22 heavy (non-hydrogen) atoms. The van der Waals surface area contributed by atoms with Gasteiger partial charge >= 0.3 is 0 Å². The molecule has 0 amide bonds. The summed E-state index contributed by atoms with van der Waals surface area (Å²) in [6.45, 7) is 2.88. The Morgan fingerprint density at radius 2 is 2.00 bits per heavy atom. The quantitative estimate of drug-likeness (QED) is 0.833. The third-order valence-electron chi connectivity index (χ3n) is 7.97. The van der Waals surface area contributed by atoms with Crippen LogP contribution in [0.4, 0.5) is 0 Å². The smallest absolute Gasteiger partial charge is 0.155 e. The molecule has 122 valence electrons. The van der Waals surface area contributed by atoms with Crippen LogP contribution < -0.4 is 0 Å². The minimum atomic E-state index is 0.360. The lowest BCUT2D eigenvalue weighted by atomic mass is 9.51. The fourth-order valence-corrected chi connectivity index (χ4v) is 6.92. The summed E-state index contributed by atoms with van der Waals surface area (Å²) in [6, 6.07) is 0. The summed E-state index contributed by atoms with van der Waals surface area (Å²) in [5.74, 6) is 4.44. The summed E-state index contributed by atoms with van der Waals surface area (Å²) < 4.78 is 0. The lowest BCUT2D eigenvalue weighted by Gasteiger charge is -2.54. The fourth-order valence-electron chi connectivity index (χ4n) is 6.92. The molecule has 0 spiro atoms. The zero-order valence-electron chi connectivity index (χ0n) is 13.9. The van der Waals surface area contributed by atoms with Crippen LogP contribution in [0.5, 0.6) is 0 Å². The molecule has 3 saturated carbocycles. The number of carbonyl (C=O) groups excluding carboxylic acids is 1. The number of hydrogen-bond acceptors (Lipinski definition) is 2. The number of fused-ring (bicyclic) bond motifs is 5. The lowest BCUT2D eigenvalue weighted by Crippen LogP contribution is -2.46. The molecular weight excluding hydrogens is 272 g/mol. The van der Waals surface area contributed by atoms with E-state index >= 15 is 0 Å². The predicted molar refractivity (Wildman–Crippen MR) is 87.3 cm³/mol. The van der Waals surface area contributed by atoms with Gasteiger partial charge in [0.15, 0.2) is 5.78 Å². The molecule has 1 unspecified atom stereocenters. The van der Waals surface area contributed by atoms with E-state index in [0.29, 0.717) is 17.8 Å². The van der Waals surface area contributed by atoms with Crippen LogP contribution >= 0.6 is 0 Å². The molecule has 4 rings (SSSR count). The second kappa shape index (κ2) is 5.47. The minimum absolute atomic E-state index is 0.360. The summed E-state index contributed by atoms with van der Waals surface area (Å²) in [7, 11) is 0. The van der Waals surface area contributed by atoms with Gasteiger partial charge in [0.1, 0.15) is 0 Å². The molecule has 2 heteroatoms. The van der Waals surface area contributed by atoms with E-state index in [1.54, 1.807) is 0 Å². The Labute approximate surface area is 134 Å². The van der Waals surface area contributed by atoms with E-state index in [-0.39, 0.29) is 0 Å². The summed E-state index contributed by atoms with van der Waals surface area (Å²) in [6.07, 6.45) is 12.8. The molecule has 0 aromatic carbocycles. The van der Waals surface area contributed by atoms with E-state index in [9.17, 15) is 9.90 Å². The third-order valence-corrected chi connectivity index (χ3v) is 7.97. The van der Waals surface area contributed by atoms with E-state index in [0.717, 1.165) is 48.9 Å². The molecule has 3 fully saturated rings. The molecule has 0 aromatic heterocycles. The van der Waals surface area contributed by atoms with Gasteiger partial charge in [-0.15, -0.1) is 0 Å². The number of allylic oxidation sites excluding steroid dienone is 1. The molecule has 6 atom stereocenters. The molecule has 2 nitrogen and oxygen atoms in total. The van der Waals surface area contributed by atoms with Crippen LogP contribution in [0.15, 0.2) is 11.6 Å². The predicted octanol–water partition coefficient (Wildman–Crippen LogP) is 4.13. The number of aliphatic hydroxyl groups is 1. The second-order valence-electron chi connectivity index (χ2n) is 8.63. The van der Waals surface area contributed by atoms with E-state index < -0.39 is 0 Å². The highest BCUT2D eigenvalue weighted by molar-refractivity contribution is 5.91. The largest absolute Gasteiger partial charge is 0.396 e. The Bertz CT molecular complexity index is 494. The lowest BCUT2D eigenvalue weighted by molar-refractivity contribution is -0.116. The van der Waals surface area contributed by atoms with Crippen molar-refractivity contribution in [1.82, 2.24) is 0 Å². The Kier molecular flexibility index (Phi) is 3.71. The van der Waals surface area contributed by atoms with Gasteiger partial charge in [-0.1, -0.05) is 12.5 Å². The Balaban J connectivity index is 1.58. The highest BCUT2D eigenvalue weighted by Gasteiger charge is 2.55. The maximum absolute atomic E-state index is 11.7. The molecular formula is C20H30O2. The standard InChI is InChI=1S/C20H30O2/c1-20-10-8-17-16-6-4-15(22)12-13(16)2-5-18(17)19(20)7-3-14(20)9-11-21/h12,14,16-19,21H,2-11H2,1H3/t14-,16?,17-,18-,19+,20-/m1/s1. The van der Waals surface area contributed by atoms with Crippen LogP contribution in [0.2, 0.25) is 0 Å². The monoisotopic (exact) mass is 302 g/mol. The van der Waals surface area contributed by atoms with Crippen LogP contribution in [0.25, 0.3) is 0 Å². The zero-order chi connectivity index (χ0) is 15.3. The Morgan fingerprint density at radius 1 is 1.14 bits per heavy atom. The first-order valence-electron chi connectivity index (χ1n) is 9.47. The van der Waals surface area contributed by atoms with Crippen molar-refractivity contribution < 1.29 is 9.90 Å². The normalized spacial score (nSPS) is 47.5. The average Bonchev–Trinajstić information content (AvgIpc) is 2.84. The van der Waals surface area contributed by atoms with Crippen molar-refractivity contribution in [1.29, 1.82) is 0 Å². The summed E-state index contributed by atoms with van der Waals surface area (Å²) in [5.41, 5.74) is 1.97. The topological polar surface area (TPSA) is 37.3 Å². The number of hydrogen-bond donors (Lipinski definition) is 1. The highest BCUT2D eigenvalue weighted by atomic mass is 16.3. The summed E-state index contributed by atoms with van der Waals surface area (Å²) in [4.78, 5) is 11.7. The van der Waals surface area contributed by atoms with Crippen LogP contribution in [0.1, 0.15) is 64.7 Å². The van der Waals surface area contributed by atoms with Gasteiger partial charge in [-0.05, 0) is 92.4 Å². The molecule has 1 N–H and O–H groups in total. The molecule has 4 aliphatic carbocycles. The average molecular weight is 302 g/mol. The van der Waals surface area contributed by atoms with Crippen molar-refractivity contribution in [2.45, 2.75) is 64.7 Å². The van der Waals surface area contributed by atoms with E-state index in [2.05, 4.69) is 6.92 Å². The van der Waals surface area contributed by atoms with Crippen molar-refractivity contribution in [3.63, 3.8) is 0 Å². The highest BCUT2D eigenvalue weighted by Crippen LogP contribution is 2.64. The first kappa shape index (κ1) is 14.9. The minimum Gasteiger partial charge on any atom is -0.396 e. The SMILES string of the molecule is C[C@]12CC[C@@H]3C4CCC(=O)C=C4CC[C@H]3[C@@H]1CC[C@@H]2CCO. The van der Waals surface area contributed by atoms with Gasteiger partial charge < -0.3 is 5.11 Å². The second-order valence-corrected chi connectivity index (χ2v) is 8.63. The third kappa shape index (κ3) is 2.13. The maximum atomic E-state index is 11.7. The summed E-state index contributed by atoms with van der Waals surface area (Å²) >= 11 is 0. The van der Waals surface area contributed by atoms with Crippen LogP contribution in [0.3, 0.4) is 0 Å². The Morgan fingerprint density at radius 3 is 2.82 bits per heavy atom. The zero-order valence-corrected chi connectivity index (χ0v) is 13.9. The number of aliphatic hydroxyl groups excluding tert-OH is 1. The first-order chi connectivity index (χ1) is 10.6. The van der Waals surface area contributed by atoms with Crippen LogP contribution in [0, 0.1) is 35.0 Å². The first-order valence-corrected chi connectivity index (χ1v) is 9.47. The van der Waals surface area contributed by atoms with Gasteiger partial charge in [0.25, 0.3) is 0 Å². The van der Waals surface area contributed by atoms with E-state index in [1.165, 1.54) is 44.1 Å². The van der Waals surface area contributed by atoms with Crippen molar-refractivity contribution >= 4 is 5.78 Å². The molecule has 4 aliphatic rings. The van der Waals surface area contributed by atoms with Crippen molar-refractivity contribution in [3.8, 4) is 0 Å². The number of rotatable bonds is 2. The van der Waals surface area contributed by atoms with Crippen LogP contribution in [-0.2, 0) is 4.79 Å². The van der Waals surface area contributed by atoms with E-state index in [4.69, 9.17) is 0 Å². The van der Waals surface area contributed by atoms with Crippen molar-refractivity contribution in [2.24, 2.45) is 35.0 Å². The van der Waals surface area contributed by atoms with Crippen LogP contribution in [-0.4, -0.2) is 17.5 Å². The van der Waals surface area contributed by atoms with Gasteiger partial charge in [-0.25, -0.2) is 0 Å². The van der Waals surface area contributed by atoms with Gasteiger partial charge in [-0.3, -0.25) is 4.79 Å². The van der Waals surface area contributed by atoms with Gasteiger partial charge in [0.05, 0.1) is 0 Å². The molecule has 0 heterocycles. The Hall–Kier alpha value is -0.630. The molecule has 0 aromatic rings. The van der Waals surface area contributed by atoms with Gasteiger partial charge in [-0.2, -0.15) is 0 Å². The van der Waals surface area contributed by atoms with Gasteiger partial charge in [0, 0.05) is 13.0 Å². The fraction of sp³-hybridized carbons (Fsp3) is 0.850. The molecule has 0 aliphatic heterocycles. The van der Waals surface area contributed by atoms with E-state index in [1.807, 2.05) is 6.08 Å². The van der Waals surface area contributed by atoms with Gasteiger partial charge in [0.2, 0.25) is 0 Å². The maximum Gasteiger partial charge on any atom is 0.155 e. The van der Waals surface area contributed by atoms with Crippen molar-refractivity contribution in [2.75, 3.05) is 6.61 Å². The molecule has 0 radical (unpaired) electrons.